The molecule has 0 fully saturated rings. The predicted molar refractivity (Wildman–Crippen MR) is 69.1 cm³/mol. The average molecular weight is 240 g/mol. The molecule has 0 aliphatic rings. The summed E-state index contributed by atoms with van der Waals surface area (Å²) in [6, 6.07) is 17.1. The lowest BCUT2D eigenvalue weighted by Crippen LogP contribution is -2.14. The van der Waals surface area contributed by atoms with Crippen molar-refractivity contribution < 1.29 is 9.90 Å². The maximum absolute atomic E-state index is 11.8. The molecule has 3 heteroatoms. The van der Waals surface area contributed by atoms with Gasteiger partial charge in [0.25, 0.3) is 0 Å². The van der Waals surface area contributed by atoms with E-state index in [4.69, 9.17) is 5.73 Å². The third kappa shape index (κ3) is 2.96. The molecule has 1 amide bonds. The summed E-state index contributed by atoms with van der Waals surface area (Å²) in [5.41, 5.74) is 7.65. The lowest BCUT2D eigenvalue weighted by molar-refractivity contribution is -0.120. The number of primary amides is 1. The Bertz CT molecular complexity index is 537. The van der Waals surface area contributed by atoms with Crippen LogP contribution in [0.4, 0.5) is 0 Å². The van der Waals surface area contributed by atoms with Crippen molar-refractivity contribution in [2.45, 2.75) is 12.5 Å². The van der Waals surface area contributed by atoms with E-state index in [1.165, 1.54) is 0 Å². The van der Waals surface area contributed by atoms with Crippen molar-refractivity contribution in [3.63, 3.8) is 0 Å². The van der Waals surface area contributed by atoms with Crippen LogP contribution in [0.15, 0.2) is 54.6 Å². The van der Waals surface area contributed by atoms with Crippen molar-refractivity contribution in [1.29, 1.82) is 0 Å². The summed E-state index contributed by atoms with van der Waals surface area (Å²) in [5, 5.41) is 11.8. The number of rotatable bonds is 4. The van der Waals surface area contributed by atoms with Crippen LogP contribution in [-0.2, 0) is 9.90 Å². The quantitative estimate of drug-likeness (QED) is 0.877. The van der Waals surface area contributed by atoms with E-state index in [-0.39, 0.29) is 6.42 Å². The highest BCUT2D eigenvalue weighted by Crippen LogP contribution is 2.24. The summed E-state index contributed by atoms with van der Waals surface area (Å²) >= 11 is 0. The average Bonchev–Trinajstić information content (AvgIpc) is 2.39. The van der Waals surface area contributed by atoms with Gasteiger partial charge in [-0.15, -0.1) is 0 Å². The van der Waals surface area contributed by atoms with Gasteiger partial charge in [-0.05, 0) is 22.8 Å². The van der Waals surface area contributed by atoms with E-state index in [9.17, 15) is 9.90 Å². The van der Waals surface area contributed by atoms with Crippen molar-refractivity contribution in [3.8, 4) is 11.1 Å². The standard InChI is InChI=1S/C15H14NO2/c16-15(18)10-14(17)13-8-4-7-12(9-13)11-5-2-1-3-6-11/h1-9,14H,10H2,(H2,16,18). The molecule has 0 aliphatic carbocycles. The molecule has 0 spiro atoms. The fourth-order valence-corrected chi connectivity index (χ4v) is 1.85. The predicted octanol–water partition coefficient (Wildman–Crippen LogP) is 2.70. The van der Waals surface area contributed by atoms with Gasteiger partial charge in [-0.25, -0.2) is 5.11 Å². The Balaban J connectivity index is 2.28. The molecule has 2 aromatic rings. The third-order valence-electron chi connectivity index (χ3n) is 2.75. The van der Waals surface area contributed by atoms with E-state index in [2.05, 4.69) is 0 Å². The van der Waals surface area contributed by atoms with Crippen molar-refractivity contribution in [2.75, 3.05) is 0 Å². The topological polar surface area (TPSA) is 63.0 Å². The summed E-state index contributed by atoms with van der Waals surface area (Å²) in [7, 11) is 0. The van der Waals surface area contributed by atoms with Crippen LogP contribution in [0.2, 0.25) is 0 Å². The monoisotopic (exact) mass is 240 g/mol. The molecule has 18 heavy (non-hydrogen) atoms. The van der Waals surface area contributed by atoms with Crippen LogP contribution in [0, 0.1) is 0 Å². The van der Waals surface area contributed by atoms with Crippen LogP contribution in [0.1, 0.15) is 18.1 Å². The number of hydrogen-bond acceptors (Lipinski definition) is 1. The Kier molecular flexibility index (Phi) is 3.75. The van der Waals surface area contributed by atoms with E-state index in [1.54, 1.807) is 6.07 Å². The Hall–Kier alpha value is -2.13. The summed E-state index contributed by atoms with van der Waals surface area (Å²) in [4.78, 5) is 10.8. The number of nitrogens with two attached hydrogens (primary N) is 1. The molecule has 0 aliphatic heterocycles. The van der Waals surface area contributed by atoms with Gasteiger partial charge in [0, 0.05) is 0 Å². The van der Waals surface area contributed by atoms with Gasteiger partial charge in [-0.1, -0.05) is 48.5 Å². The molecule has 0 heterocycles. The van der Waals surface area contributed by atoms with Gasteiger partial charge in [0.1, 0.15) is 6.10 Å². The zero-order valence-electron chi connectivity index (χ0n) is 9.87. The largest absolute Gasteiger partial charge is 0.370 e. The summed E-state index contributed by atoms with van der Waals surface area (Å²) in [6.07, 6.45) is -1.26. The van der Waals surface area contributed by atoms with Crippen molar-refractivity contribution >= 4 is 5.91 Å². The molecule has 0 saturated heterocycles. The summed E-state index contributed by atoms with van der Waals surface area (Å²) in [6.45, 7) is 0. The Morgan fingerprint density at radius 3 is 2.33 bits per heavy atom. The van der Waals surface area contributed by atoms with Gasteiger partial charge in [0.15, 0.2) is 0 Å². The lowest BCUT2D eigenvalue weighted by Gasteiger charge is -2.09. The first-order valence-electron chi connectivity index (χ1n) is 5.76. The van der Waals surface area contributed by atoms with Gasteiger partial charge in [0.2, 0.25) is 5.91 Å². The fourth-order valence-electron chi connectivity index (χ4n) is 1.85. The molecular formula is C15H14NO2. The Morgan fingerprint density at radius 1 is 1.00 bits per heavy atom. The van der Waals surface area contributed by atoms with E-state index in [0.29, 0.717) is 5.56 Å². The van der Waals surface area contributed by atoms with Crippen molar-refractivity contribution in [1.82, 2.24) is 0 Å². The minimum atomic E-state index is -1.09. The summed E-state index contributed by atoms with van der Waals surface area (Å²) in [5.74, 6) is -0.569. The molecule has 1 radical (unpaired) electrons. The first-order valence-corrected chi connectivity index (χ1v) is 5.76. The Labute approximate surface area is 106 Å². The van der Waals surface area contributed by atoms with Gasteiger partial charge in [0.05, 0.1) is 6.42 Å². The Morgan fingerprint density at radius 2 is 1.67 bits per heavy atom. The molecule has 3 nitrogen and oxygen atoms in total. The molecular weight excluding hydrogens is 226 g/mol. The smallest absolute Gasteiger partial charge is 0.220 e. The van der Waals surface area contributed by atoms with Gasteiger partial charge < -0.3 is 5.73 Å². The first-order chi connectivity index (χ1) is 8.66. The van der Waals surface area contributed by atoms with Crippen LogP contribution in [0.25, 0.3) is 11.1 Å². The van der Waals surface area contributed by atoms with Gasteiger partial charge in [-0.2, -0.15) is 0 Å². The number of amides is 1. The zero-order valence-corrected chi connectivity index (χ0v) is 9.87. The highest BCUT2D eigenvalue weighted by atomic mass is 16.3. The highest BCUT2D eigenvalue weighted by Gasteiger charge is 2.13. The van der Waals surface area contributed by atoms with Crippen LogP contribution in [0.5, 0.6) is 0 Å². The maximum atomic E-state index is 11.8. The first kappa shape index (κ1) is 12.3. The second-order valence-electron chi connectivity index (χ2n) is 4.15. The van der Waals surface area contributed by atoms with Gasteiger partial charge >= 0.3 is 0 Å². The molecule has 2 aromatic carbocycles. The second kappa shape index (κ2) is 5.47. The minimum absolute atomic E-state index is 0.168. The molecule has 1 unspecified atom stereocenters. The van der Waals surface area contributed by atoms with E-state index in [1.807, 2.05) is 48.5 Å². The van der Waals surface area contributed by atoms with Crippen LogP contribution in [-0.4, -0.2) is 5.91 Å². The minimum Gasteiger partial charge on any atom is -0.370 e. The number of carbonyl (C=O) groups excluding carboxylic acids is 1. The molecule has 0 saturated carbocycles. The normalized spacial score (nSPS) is 12.1. The van der Waals surface area contributed by atoms with E-state index < -0.39 is 12.0 Å². The molecule has 1 atom stereocenters. The van der Waals surface area contributed by atoms with Crippen molar-refractivity contribution in [2.24, 2.45) is 5.73 Å². The molecule has 91 valence electrons. The van der Waals surface area contributed by atoms with Gasteiger partial charge in [-0.3, -0.25) is 4.79 Å². The maximum Gasteiger partial charge on any atom is 0.220 e. The fraction of sp³-hybridized carbons (Fsp3) is 0.133. The van der Waals surface area contributed by atoms with Crippen LogP contribution >= 0.6 is 0 Å². The number of benzene rings is 2. The zero-order chi connectivity index (χ0) is 13.0. The third-order valence-corrected chi connectivity index (χ3v) is 2.75. The number of hydrogen-bond donors (Lipinski definition) is 1. The van der Waals surface area contributed by atoms with E-state index in [0.717, 1.165) is 11.1 Å². The SMILES string of the molecule is NC(=O)CC([O])c1cccc(-c2ccccc2)c1. The van der Waals surface area contributed by atoms with Crippen LogP contribution < -0.4 is 5.73 Å². The molecule has 0 aromatic heterocycles. The van der Waals surface area contributed by atoms with Crippen molar-refractivity contribution in [3.05, 3.63) is 60.2 Å². The molecule has 2 rings (SSSR count). The number of carbonyl (C=O) groups is 1. The second-order valence-corrected chi connectivity index (χ2v) is 4.15. The highest BCUT2D eigenvalue weighted by molar-refractivity contribution is 5.74. The molecule has 0 bridgehead atoms. The van der Waals surface area contributed by atoms with E-state index >= 15 is 0 Å². The lowest BCUT2D eigenvalue weighted by atomic mass is 9.99. The summed E-state index contributed by atoms with van der Waals surface area (Å²) < 4.78 is 0. The molecule has 2 N–H and O–H groups in total. The van der Waals surface area contributed by atoms with Crippen LogP contribution in [0.3, 0.4) is 0 Å².